The van der Waals surface area contributed by atoms with Crippen LogP contribution >= 0.6 is 0 Å². The number of hydrogen-bond donors (Lipinski definition) is 2. The van der Waals surface area contributed by atoms with Gasteiger partial charge in [-0.15, -0.1) is 0 Å². The molecule has 2 amide bonds. The maximum Gasteiger partial charge on any atom is 0.331 e. The highest BCUT2D eigenvalue weighted by molar-refractivity contribution is 5.93. The Morgan fingerprint density at radius 3 is 2.68 bits per heavy atom. The van der Waals surface area contributed by atoms with Gasteiger partial charge in [-0.3, -0.25) is 4.90 Å². The molecule has 0 aliphatic carbocycles. The SMILES string of the molecule is CC(C)OCc1cc(N2C(=O)N(C)C(O)C2O)on1. The van der Waals surface area contributed by atoms with Crippen LogP contribution in [-0.2, 0) is 11.3 Å². The van der Waals surface area contributed by atoms with Gasteiger partial charge in [0.1, 0.15) is 5.69 Å². The zero-order valence-corrected chi connectivity index (χ0v) is 11.0. The summed E-state index contributed by atoms with van der Waals surface area (Å²) in [6.07, 6.45) is -2.63. The lowest BCUT2D eigenvalue weighted by Gasteiger charge is -2.14. The number of carbonyl (C=O) groups excluding carboxylic acids is 1. The van der Waals surface area contributed by atoms with E-state index in [1.165, 1.54) is 13.1 Å². The number of rotatable bonds is 4. The Hall–Kier alpha value is -1.64. The molecule has 1 aliphatic rings. The number of aliphatic hydroxyl groups excluding tert-OH is 2. The highest BCUT2D eigenvalue weighted by Gasteiger charge is 2.44. The van der Waals surface area contributed by atoms with Crippen LogP contribution in [0.1, 0.15) is 19.5 Å². The quantitative estimate of drug-likeness (QED) is 0.806. The number of aliphatic hydroxyl groups is 2. The molecule has 1 aromatic heterocycles. The maximum absolute atomic E-state index is 11.8. The fraction of sp³-hybridized carbons (Fsp3) is 0.636. The van der Waals surface area contributed by atoms with E-state index in [4.69, 9.17) is 9.26 Å². The van der Waals surface area contributed by atoms with Crippen molar-refractivity contribution in [3.8, 4) is 0 Å². The molecule has 0 bridgehead atoms. The first-order valence-electron chi connectivity index (χ1n) is 5.91. The van der Waals surface area contributed by atoms with E-state index >= 15 is 0 Å². The first-order valence-corrected chi connectivity index (χ1v) is 5.91. The van der Waals surface area contributed by atoms with E-state index in [-0.39, 0.29) is 18.6 Å². The zero-order chi connectivity index (χ0) is 14.2. The Morgan fingerprint density at radius 2 is 2.16 bits per heavy atom. The predicted octanol–water partition coefficient (Wildman–Crippen LogP) is 0.108. The summed E-state index contributed by atoms with van der Waals surface area (Å²) < 4.78 is 10.3. The second-order valence-electron chi connectivity index (χ2n) is 4.61. The summed E-state index contributed by atoms with van der Waals surface area (Å²) in [5.41, 5.74) is 0.507. The molecular weight excluding hydrogens is 254 g/mol. The number of aromatic nitrogens is 1. The topological polar surface area (TPSA) is 99.3 Å². The van der Waals surface area contributed by atoms with Crippen molar-refractivity contribution in [2.45, 2.75) is 39.0 Å². The van der Waals surface area contributed by atoms with Gasteiger partial charge in [0.05, 0.1) is 12.7 Å². The van der Waals surface area contributed by atoms with Crippen LogP contribution < -0.4 is 4.90 Å². The van der Waals surface area contributed by atoms with E-state index in [9.17, 15) is 15.0 Å². The lowest BCUT2D eigenvalue weighted by atomic mass is 10.4. The lowest BCUT2D eigenvalue weighted by Crippen LogP contribution is -2.36. The van der Waals surface area contributed by atoms with Crippen molar-refractivity contribution < 1.29 is 24.3 Å². The Morgan fingerprint density at radius 1 is 1.47 bits per heavy atom. The van der Waals surface area contributed by atoms with Crippen LogP contribution in [0.25, 0.3) is 0 Å². The first-order chi connectivity index (χ1) is 8.91. The monoisotopic (exact) mass is 271 g/mol. The van der Waals surface area contributed by atoms with Gasteiger partial charge in [0, 0.05) is 13.1 Å². The van der Waals surface area contributed by atoms with Crippen molar-refractivity contribution in [2.24, 2.45) is 0 Å². The van der Waals surface area contributed by atoms with E-state index < -0.39 is 18.5 Å². The molecule has 1 saturated heterocycles. The van der Waals surface area contributed by atoms with Gasteiger partial charge in [0.2, 0.25) is 5.88 Å². The molecule has 19 heavy (non-hydrogen) atoms. The molecule has 0 radical (unpaired) electrons. The van der Waals surface area contributed by atoms with E-state index in [0.29, 0.717) is 5.69 Å². The fourth-order valence-electron chi connectivity index (χ4n) is 1.69. The van der Waals surface area contributed by atoms with E-state index in [1.807, 2.05) is 13.8 Å². The van der Waals surface area contributed by atoms with Gasteiger partial charge in [-0.1, -0.05) is 5.16 Å². The molecule has 2 unspecified atom stereocenters. The van der Waals surface area contributed by atoms with Crippen molar-refractivity contribution in [1.29, 1.82) is 0 Å². The number of hydrogen-bond acceptors (Lipinski definition) is 6. The van der Waals surface area contributed by atoms with E-state index in [2.05, 4.69) is 5.16 Å². The number of urea groups is 1. The minimum absolute atomic E-state index is 0.0483. The van der Waals surface area contributed by atoms with Crippen LogP contribution in [0.5, 0.6) is 0 Å². The van der Waals surface area contributed by atoms with Crippen molar-refractivity contribution in [3.05, 3.63) is 11.8 Å². The third kappa shape index (κ3) is 2.55. The first kappa shape index (κ1) is 13.8. The summed E-state index contributed by atoms with van der Waals surface area (Å²) >= 11 is 0. The third-order valence-electron chi connectivity index (χ3n) is 2.78. The average molecular weight is 271 g/mol. The number of likely N-dealkylation sites (N-methyl/N-ethyl adjacent to an activating group) is 1. The molecule has 1 aromatic rings. The van der Waals surface area contributed by atoms with Crippen LogP contribution in [0.2, 0.25) is 0 Å². The molecule has 8 nitrogen and oxygen atoms in total. The van der Waals surface area contributed by atoms with Crippen LogP contribution in [0.3, 0.4) is 0 Å². The summed E-state index contributed by atoms with van der Waals surface area (Å²) in [4.78, 5) is 13.8. The summed E-state index contributed by atoms with van der Waals surface area (Å²) in [6, 6.07) is 0.933. The van der Waals surface area contributed by atoms with Crippen molar-refractivity contribution in [2.75, 3.05) is 11.9 Å². The van der Waals surface area contributed by atoms with Crippen LogP contribution in [0.4, 0.5) is 10.7 Å². The third-order valence-corrected chi connectivity index (χ3v) is 2.78. The second kappa shape index (κ2) is 5.16. The van der Waals surface area contributed by atoms with Gasteiger partial charge in [-0.05, 0) is 13.8 Å². The molecule has 0 spiro atoms. The molecule has 106 valence electrons. The van der Waals surface area contributed by atoms with Gasteiger partial charge in [-0.2, -0.15) is 0 Å². The van der Waals surface area contributed by atoms with Crippen molar-refractivity contribution in [3.63, 3.8) is 0 Å². The van der Waals surface area contributed by atoms with Crippen LogP contribution in [0, 0.1) is 0 Å². The fourth-order valence-corrected chi connectivity index (χ4v) is 1.69. The maximum atomic E-state index is 11.8. The Labute approximate surface area is 110 Å². The minimum atomic E-state index is -1.38. The molecule has 2 atom stereocenters. The van der Waals surface area contributed by atoms with Gasteiger partial charge in [-0.25, -0.2) is 9.69 Å². The van der Waals surface area contributed by atoms with Gasteiger partial charge < -0.3 is 19.5 Å². The number of ether oxygens (including phenoxy) is 1. The molecule has 2 heterocycles. The van der Waals surface area contributed by atoms with Gasteiger partial charge in [0.15, 0.2) is 12.5 Å². The summed E-state index contributed by atoms with van der Waals surface area (Å²) in [5.74, 6) is 0.0725. The minimum Gasteiger partial charge on any atom is -0.372 e. The number of amides is 2. The van der Waals surface area contributed by atoms with Gasteiger partial charge >= 0.3 is 6.03 Å². The lowest BCUT2D eigenvalue weighted by molar-refractivity contribution is -0.0190. The smallest absolute Gasteiger partial charge is 0.331 e. The Balaban J connectivity index is 2.12. The van der Waals surface area contributed by atoms with E-state index in [1.54, 1.807) is 0 Å². The number of nitrogens with zero attached hydrogens (tertiary/aromatic N) is 3. The van der Waals surface area contributed by atoms with Crippen LogP contribution in [-0.4, -0.2) is 51.9 Å². The molecule has 2 N–H and O–H groups in total. The van der Waals surface area contributed by atoms with E-state index in [0.717, 1.165) is 9.80 Å². The average Bonchev–Trinajstić information content (AvgIpc) is 2.88. The summed E-state index contributed by atoms with van der Waals surface area (Å²) in [5, 5.41) is 23.1. The highest BCUT2D eigenvalue weighted by Crippen LogP contribution is 2.26. The molecule has 8 heteroatoms. The highest BCUT2D eigenvalue weighted by atomic mass is 16.5. The predicted molar refractivity (Wildman–Crippen MR) is 64.1 cm³/mol. The standard InChI is InChI=1S/C11H17N3O5/c1-6(2)18-5-7-4-8(19-12-7)14-10(16)9(15)13(3)11(14)17/h4,6,9-10,15-16H,5H2,1-3H3. The zero-order valence-electron chi connectivity index (χ0n) is 11.0. The number of carbonyl (C=O) groups is 1. The normalized spacial score (nSPS) is 23.8. The Kier molecular flexibility index (Phi) is 3.74. The van der Waals surface area contributed by atoms with Crippen LogP contribution in [0.15, 0.2) is 10.6 Å². The largest absolute Gasteiger partial charge is 0.372 e. The summed E-state index contributed by atoms with van der Waals surface area (Å²) in [6.45, 7) is 4.03. The van der Waals surface area contributed by atoms with Crippen molar-refractivity contribution >= 4 is 11.9 Å². The van der Waals surface area contributed by atoms with Crippen molar-refractivity contribution in [1.82, 2.24) is 10.1 Å². The molecule has 1 aliphatic heterocycles. The van der Waals surface area contributed by atoms with Gasteiger partial charge in [0.25, 0.3) is 0 Å². The second-order valence-corrected chi connectivity index (χ2v) is 4.61. The molecular formula is C11H17N3O5. The summed E-state index contributed by atoms with van der Waals surface area (Å²) in [7, 11) is 1.38. The Bertz CT molecular complexity index is 461. The molecule has 1 fully saturated rings. The number of anilines is 1. The molecule has 0 saturated carbocycles. The molecule has 0 aromatic carbocycles. The molecule has 2 rings (SSSR count).